The first kappa shape index (κ1) is 19.5. The van der Waals surface area contributed by atoms with Gasteiger partial charge in [-0.15, -0.1) is 0 Å². The minimum absolute atomic E-state index is 0.0809. The van der Waals surface area contributed by atoms with Crippen LogP contribution >= 0.6 is 0 Å². The molecule has 2 N–H and O–H groups in total. The molecule has 0 unspecified atom stereocenters. The highest BCUT2D eigenvalue weighted by Crippen LogP contribution is 2.31. The summed E-state index contributed by atoms with van der Waals surface area (Å²) in [5.74, 6) is -0.549. The molecular weight excluding hydrogens is 384 g/mol. The Bertz CT molecular complexity index is 1280. The van der Waals surface area contributed by atoms with E-state index in [1.807, 2.05) is 24.3 Å². The number of rotatable bonds is 6. The number of aromatic nitrogens is 3. The van der Waals surface area contributed by atoms with Gasteiger partial charge in [0.25, 0.3) is 0 Å². The number of carbonyl (C=O) groups is 2. The van der Waals surface area contributed by atoms with Gasteiger partial charge in [-0.2, -0.15) is 0 Å². The number of ether oxygens (including phenoxy) is 2. The smallest absolute Gasteiger partial charge is 0.344 e. The lowest BCUT2D eigenvalue weighted by Crippen LogP contribution is -2.12. The number of nitrogens with two attached hydrogens (primary N) is 1. The number of hydrogen-bond donors (Lipinski definition) is 1. The van der Waals surface area contributed by atoms with Crippen LogP contribution < -0.4 is 5.73 Å². The van der Waals surface area contributed by atoms with E-state index in [1.165, 1.54) is 14.0 Å². The number of nitrogen functional groups attached to an aromatic ring is 1. The molecule has 4 rings (SSSR count). The Morgan fingerprint density at radius 3 is 2.47 bits per heavy atom. The zero-order valence-corrected chi connectivity index (χ0v) is 16.6. The molecule has 8 nitrogen and oxygen atoms in total. The van der Waals surface area contributed by atoms with Gasteiger partial charge in [0, 0.05) is 18.4 Å². The number of Topliss-reactive ketones (excluding diaryl/α,β-unsaturated/α-hetero) is 1. The van der Waals surface area contributed by atoms with Crippen LogP contribution in [0.1, 0.15) is 27.6 Å². The highest BCUT2D eigenvalue weighted by molar-refractivity contribution is 6.09. The highest BCUT2D eigenvalue weighted by atomic mass is 16.6. The Morgan fingerprint density at radius 2 is 1.77 bits per heavy atom. The standard InChI is InChI=1S/C22H20N4O4/c1-13(27)14-6-5-7-15(12-14)26-20(23)18(22(28)30-11-10-29-2)19-21(26)25-17-9-4-3-8-16(17)24-19/h3-9,12H,10-11,23H2,1-2H3. The number of para-hydroxylation sites is 2. The largest absolute Gasteiger partial charge is 0.459 e. The number of methoxy groups -OCH3 is 1. The van der Waals surface area contributed by atoms with Crippen LogP contribution in [0.25, 0.3) is 27.9 Å². The third-order valence-corrected chi connectivity index (χ3v) is 4.73. The van der Waals surface area contributed by atoms with Crippen molar-refractivity contribution in [3.05, 3.63) is 59.7 Å². The molecule has 0 bridgehead atoms. The summed E-state index contributed by atoms with van der Waals surface area (Å²) < 4.78 is 11.9. The van der Waals surface area contributed by atoms with E-state index in [9.17, 15) is 9.59 Å². The number of anilines is 1. The van der Waals surface area contributed by atoms with E-state index < -0.39 is 5.97 Å². The molecule has 152 valence electrons. The molecule has 2 heterocycles. The molecule has 30 heavy (non-hydrogen) atoms. The van der Waals surface area contributed by atoms with Crippen molar-refractivity contribution in [3.8, 4) is 5.69 Å². The SMILES string of the molecule is COCCOC(=O)c1c(N)n(-c2cccc(C(C)=O)c2)c2nc3ccccc3nc12. The number of ketones is 1. The topological polar surface area (TPSA) is 109 Å². The number of benzene rings is 2. The normalized spacial score (nSPS) is 11.1. The minimum atomic E-state index is -0.611. The Morgan fingerprint density at radius 1 is 1.03 bits per heavy atom. The van der Waals surface area contributed by atoms with Crippen LogP contribution in [0.15, 0.2) is 48.5 Å². The van der Waals surface area contributed by atoms with Gasteiger partial charge in [0.15, 0.2) is 11.4 Å². The van der Waals surface area contributed by atoms with E-state index in [0.29, 0.717) is 33.4 Å². The molecule has 0 aliphatic heterocycles. The Labute approximate surface area is 172 Å². The van der Waals surface area contributed by atoms with E-state index in [-0.39, 0.29) is 30.4 Å². The fourth-order valence-electron chi connectivity index (χ4n) is 3.28. The van der Waals surface area contributed by atoms with Crippen molar-refractivity contribution in [2.75, 3.05) is 26.1 Å². The summed E-state index contributed by atoms with van der Waals surface area (Å²) in [6, 6.07) is 14.3. The third-order valence-electron chi connectivity index (χ3n) is 4.73. The lowest BCUT2D eigenvalue weighted by molar-refractivity contribution is 0.0391. The van der Waals surface area contributed by atoms with E-state index in [2.05, 4.69) is 4.98 Å². The molecular formula is C22H20N4O4. The fraction of sp³-hybridized carbons (Fsp3) is 0.182. The number of nitrogens with zero attached hydrogens (tertiary/aromatic N) is 3. The van der Waals surface area contributed by atoms with Crippen LogP contribution in [0.2, 0.25) is 0 Å². The lowest BCUT2D eigenvalue weighted by Gasteiger charge is -2.09. The first-order valence-electron chi connectivity index (χ1n) is 9.35. The van der Waals surface area contributed by atoms with Crippen molar-refractivity contribution in [1.29, 1.82) is 0 Å². The monoisotopic (exact) mass is 404 g/mol. The molecule has 0 atom stereocenters. The van der Waals surface area contributed by atoms with Crippen LogP contribution in [0, 0.1) is 0 Å². The predicted molar refractivity (Wildman–Crippen MR) is 113 cm³/mol. The average molecular weight is 404 g/mol. The van der Waals surface area contributed by atoms with Gasteiger partial charge in [-0.25, -0.2) is 14.8 Å². The Kier molecular flexibility index (Phi) is 5.16. The van der Waals surface area contributed by atoms with Crippen LogP contribution in [0.3, 0.4) is 0 Å². The Hall–Kier alpha value is -3.78. The van der Waals surface area contributed by atoms with Gasteiger partial charge in [0.05, 0.1) is 17.6 Å². The molecule has 4 aromatic rings. The van der Waals surface area contributed by atoms with Crippen molar-refractivity contribution in [2.45, 2.75) is 6.92 Å². The molecule has 0 spiro atoms. The number of carbonyl (C=O) groups excluding carboxylic acids is 2. The van der Waals surface area contributed by atoms with Crippen molar-refractivity contribution < 1.29 is 19.1 Å². The third kappa shape index (κ3) is 3.37. The summed E-state index contributed by atoms with van der Waals surface area (Å²) in [6.07, 6.45) is 0. The molecule has 0 aliphatic rings. The van der Waals surface area contributed by atoms with E-state index in [0.717, 1.165) is 0 Å². The van der Waals surface area contributed by atoms with Gasteiger partial charge in [-0.3, -0.25) is 9.36 Å². The van der Waals surface area contributed by atoms with E-state index >= 15 is 0 Å². The van der Waals surface area contributed by atoms with Crippen LogP contribution in [0.5, 0.6) is 0 Å². The quantitative estimate of drug-likeness (QED) is 0.299. The summed E-state index contributed by atoms with van der Waals surface area (Å²) >= 11 is 0. The average Bonchev–Trinajstić information content (AvgIpc) is 3.03. The molecule has 2 aromatic carbocycles. The zero-order valence-electron chi connectivity index (χ0n) is 16.6. The molecule has 0 fully saturated rings. The molecule has 0 radical (unpaired) electrons. The number of fused-ring (bicyclic) bond motifs is 2. The second-order valence-electron chi connectivity index (χ2n) is 6.72. The summed E-state index contributed by atoms with van der Waals surface area (Å²) in [5.41, 5.74) is 9.69. The van der Waals surface area contributed by atoms with Crippen LogP contribution in [-0.2, 0) is 9.47 Å². The van der Waals surface area contributed by atoms with Gasteiger partial charge in [0.2, 0.25) is 0 Å². The second-order valence-corrected chi connectivity index (χ2v) is 6.72. The summed E-state index contributed by atoms with van der Waals surface area (Å²) in [7, 11) is 1.52. The molecule has 2 aromatic heterocycles. The first-order chi connectivity index (χ1) is 14.5. The van der Waals surface area contributed by atoms with Crippen molar-refractivity contribution in [2.24, 2.45) is 0 Å². The predicted octanol–water partition coefficient (Wildman–Crippen LogP) is 3.16. The van der Waals surface area contributed by atoms with Gasteiger partial charge < -0.3 is 15.2 Å². The van der Waals surface area contributed by atoms with Crippen LogP contribution in [-0.4, -0.2) is 46.6 Å². The molecule has 0 aliphatic carbocycles. The highest BCUT2D eigenvalue weighted by Gasteiger charge is 2.26. The second kappa shape index (κ2) is 7.92. The van der Waals surface area contributed by atoms with Gasteiger partial charge in [-0.05, 0) is 31.2 Å². The van der Waals surface area contributed by atoms with E-state index in [1.54, 1.807) is 28.8 Å². The molecule has 8 heteroatoms. The van der Waals surface area contributed by atoms with Crippen molar-refractivity contribution in [3.63, 3.8) is 0 Å². The zero-order chi connectivity index (χ0) is 21.3. The number of esters is 1. The van der Waals surface area contributed by atoms with Gasteiger partial charge >= 0.3 is 5.97 Å². The maximum absolute atomic E-state index is 12.8. The lowest BCUT2D eigenvalue weighted by atomic mass is 10.1. The summed E-state index contributed by atoms with van der Waals surface area (Å²) in [4.78, 5) is 34.0. The van der Waals surface area contributed by atoms with Gasteiger partial charge in [0.1, 0.15) is 23.5 Å². The molecule has 0 saturated heterocycles. The van der Waals surface area contributed by atoms with Gasteiger partial charge in [-0.1, -0.05) is 24.3 Å². The summed E-state index contributed by atoms with van der Waals surface area (Å²) in [6.45, 7) is 1.84. The maximum atomic E-state index is 12.8. The Balaban J connectivity index is 1.98. The molecule has 0 amide bonds. The minimum Gasteiger partial charge on any atom is -0.459 e. The van der Waals surface area contributed by atoms with Crippen molar-refractivity contribution in [1.82, 2.24) is 14.5 Å². The van der Waals surface area contributed by atoms with Crippen LogP contribution in [0.4, 0.5) is 5.82 Å². The molecule has 0 saturated carbocycles. The fourth-order valence-corrected chi connectivity index (χ4v) is 3.28. The van der Waals surface area contributed by atoms with Crippen molar-refractivity contribution >= 4 is 39.8 Å². The maximum Gasteiger partial charge on any atom is 0.344 e. The first-order valence-corrected chi connectivity index (χ1v) is 9.35. The summed E-state index contributed by atoms with van der Waals surface area (Å²) in [5, 5.41) is 0. The number of hydrogen-bond acceptors (Lipinski definition) is 7. The van der Waals surface area contributed by atoms with E-state index in [4.69, 9.17) is 20.2 Å².